The van der Waals surface area contributed by atoms with Gasteiger partial charge in [-0.1, -0.05) is 18.2 Å². The number of nitrogens with one attached hydrogen (secondary N) is 1. The lowest BCUT2D eigenvalue weighted by Gasteiger charge is -2.21. The summed E-state index contributed by atoms with van der Waals surface area (Å²) < 4.78 is 6.96. The van der Waals surface area contributed by atoms with Gasteiger partial charge in [-0.15, -0.1) is 0 Å². The van der Waals surface area contributed by atoms with E-state index < -0.39 is 11.7 Å². The highest BCUT2D eigenvalue weighted by Crippen LogP contribution is 2.19. The number of nitrogens with two attached hydrogens (primary N) is 1. The van der Waals surface area contributed by atoms with Gasteiger partial charge in [-0.3, -0.25) is 0 Å². The molecule has 0 aliphatic rings. The lowest BCUT2D eigenvalue weighted by Crippen LogP contribution is -2.36. The van der Waals surface area contributed by atoms with Crippen LogP contribution in [0.4, 0.5) is 4.79 Å². The molecule has 2 rings (SSSR count). The lowest BCUT2D eigenvalue weighted by molar-refractivity contribution is 0.0524. The fraction of sp³-hybridized carbons (Fsp3) is 0.375. The van der Waals surface area contributed by atoms with Gasteiger partial charge >= 0.3 is 6.09 Å². The monoisotopic (exact) mass is 302 g/mol. The van der Waals surface area contributed by atoms with Crippen LogP contribution >= 0.6 is 0 Å². The number of para-hydroxylation sites is 1. The Hall–Kier alpha value is -2.34. The summed E-state index contributed by atoms with van der Waals surface area (Å²) in [5, 5.41) is 6.92. The molecule has 1 aromatic carbocycles. The molecule has 0 saturated carbocycles. The molecule has 3 N–H and O–H groups in total. The summed E-state index contributed by atoms with van der Waals surface area (Å²) in [4.78, 5) is 11.7. The number of carbonyl (C=O) groups excluding carboxylic acids is 1. The number of hydrogen-bond acceptors (Lipinski definition) is 4. The fourth-order valence-corrected chi connectivity index (χ4v) is 2.04. The molecule has 0 aliphatic heterocycles. The highest BCUT2D eigenvalue weighted by Gasteiger charge is 2.18. The molecule has 1 heterocycles. The number of ether oxygens (including phenoxy) is 1. The average Bonchev–Trinajstić information content (AvgIpc) is 2.97. The van der Waals surface area contributed by atoms with E-state index in [4.69, 9.17) is 10.5 Å². The highest BCUT2D eigenvalue weighted by molar-refractivity contribution is 5.67. The van der Waals surface area contributed by atoms with Crippen molar-refractivity contribution in [2.45, 2.75) is 32.4 Å². The van der Waals surface area contributed by atoms with E-state index in [-0.39, 0.29) is 12.6 Å². The van der Waals surface area contributed by atoms with Crippen LogP contribution < -0.4 is 11.1 Å². The summed E-state index contributed by atoms with van der Waals surface area (Å²) in [5.41, 5.74) is 7.48. The second kappa shape index (κ2) is 6.62. The van der Waals surface area contributed by atoms with Crippen LogP contribution in [0.5, 0.6) is 0 Å². The third-order valence-electron chi connectivity index (χ3n) is 2.95. The molecule has 0 spiro atoms. The Morgan fingerprint density at radius 1 is 1.36 bits per heavy atom. The molecule has 2 aromatic rings. The van der Waals surface area contributed by atoms with Crippen LogP contribution in [0.15, 0.2) is 42.7 Å². The molecular formula is C16H22N4O2. The first-order valence-corrected chi connectivity index (χ1v) is 7.18. The maximum Gasteiger partial charge on any atom is 0.407 e. The van der Waals surface area contributed by atoms with Crippen molar-refractivity contribution >= 4 is 6.09 Å². The van der Waals surface area contributed by atoms with Crippen LogP contribution in [0.1, 0.15) is 32.4 Å². The van der Waals surface area contributed by atoms with Crippen LogP contribution in [-0.4, -0.2) is 28.0 Å². The van der Waals surface area contributed by atoms with E-state index in [1.807, 2.05) is 57.3 Å². The zero-order chi connectivity index (χ0) is 16.2. The SMILES string of the molecule is CC(C)(C)OC(=O)NCC(N)c1ccccc1-n1cccn1. The van der Waals surface area contributed by atoms with Gasteiger partial charge in [0.1, 0.15) is 5.60 Å². The molecule has 0 fully saturated rings. The van der Waals surface area contributed by atoms with E-state index in [9.17, 15) is 4.79 Å². The minimum absolute atomic E-state index is 0.285. The maximum absolute atomic E-state index is 11.7. The Bertz CT molecular complexity index is 617. The molecule has 118 valence electrons. The number of rotatable bonds is 4. The first kappa shape index (κ1) is 16.0. The number of amides is 1. The van der Waals surface area contributed by atoms with Crippen molar-refractivity contribution in [2.24, 2.45) is 5.73 Å². The third kappa shape index (κ3) is 4.33. The standard InChI is InChI=1S/C16H22N4O2/c1-16(2,3)22-15(21)18-11-13(17)12-7-4-5-8-14(12)20-10-6-9-19-20/h4-10,13H,11,17H2,1-3H3,(H,18,21). The minimum Gasteiger partial charge on any atom is -0.444 e. The summed E-state index contributed by atoms with van der Waals surface area (Å²) in [6, 6.07) is 9.20. The second-order valence-corrected chi connectivity index (χ2v) is 6.00. The van der Waals surface area contributed by atoms with Crippen molar-refractivity contribution in [3.05, 3.63) is 48.3 Å². The van der Waals surface area contributed by atoms with E-state index in [1.54, 1.807) is 10.9 Å². The first-order valence-electron chi connectivity index (χ1n) is 7.18. The minimum atomic E-state index is -0.527. The lowest BCUT2D eigenvalue weighted by atomic mass is 10.1. The van der Waals surface area contributed by atoms with Gasteiger partial charge in [0.2, 0.25) is 0 Å². The van der Waals surface area contributed by atoms with Gasteiger partial charge in [0, 0.05) is 25.0 Å². The maximum atomic E-state index is 11.7. The average molecular weight is 302 g/mol. The number of benzene rings is 1. The summed E-state index contributed by atoms with van der Waals surface area (Å²) in [7, 11) is 0. The third-order valence-corrected chi connectivity index (χ3v) is 2.95. The van der Waals surface area contributed by atoms with Gasteiger partial charge in [0.15, 0.2) is 0 Å². The van der Waals surface area contributed by atoms with Crippen LogP contribution in [0.3, 0.4) is 0 Å². The van der Waals surface area contributed by atoms with Crippen molar-refractivity contribution in [1.29, 1.82) is 0 Å². The van der Waals surface area contributed by atoms with E-state index in [0.29, 0.717) is 0 Å². The van der Waals surface area contributed by atoms with E-state index in [2.05, 4.69) is 10.4 Å². The predicted octanol–water partition coefficient (Wildman–Crippen LogP) is 2.40. The normalized spacial score (nSPS) is 12.7. The molecule has 6 heteroatoms. The number of nitrogens with zero attached hydrogens (tertiary/aromatic N) is 2. The molecule has 1 atom stereocenters. The van der Waals surface area contributed by atoms with Crippen LogP contribution in [0.25, 0.3) is 5.69 Å². The van der Waals surface area contributed by atoms with Crippen LogP contribution in [0, 0.1) is 0 Å². The molecule has 0 aliphatic carbocycles. The van der Waals surface area contributed by atoms with Crippen LogP contribution in [0.2, 0.25) is 0 Å². The molecule has 1 unspecified atom stereocenters. The number of alkyl carbamates (subject to hydrolysis) is 1. The molecule has 0 bridgehead atoms. The molecule has 1 amide bonds. The molecule has 0 radical (unpaired) electrons. The summed E-state index contributed by atoms with van der Waals surface area (Å²) in [6.45, 7) is 5.74. The van der Waals surface area contributed by atoms with Gasteiger partial charge < -0.3 is 15.8 Å². The molecular weight excluding hydrogens is 280 g/mol. The van der Waals surface area contributed by atoms with E-state index in [1.165, 1.54) is 0 Å². The van der Waals surface area contributed by atoms with Crippen molar-refractivity contribution in [2.75, 3.05) is 6.54 Å². The number of hydrogen-bond donors (Lipinski definition) is 2. The molecule has 1 aromatic heterocycles. The Morgan fingerprint density at radius 3 is 2.73 bits per heavy atom. The molecule has 6 nitrogen and oxygen atoms in total. The number of carbonyl (C=O) groups is 1. The van der Waals surface area contributed by atoms with Crippen molar-refractivity contribution in [3.8, 4) is 5.69 Å². The summed E-state index contributed by atoms with van der Waals surface area (Å²) in [5.74, 6) is 0. The fourth-order valence-electron chi connectivity index (χ4n) is 2.04. The van der Waals surface area contributed by atoms with Crippen molar-refractivity contribution < 1.29 is 9.53 Å². The Balaban J connectivity index is 2.05. The Morgan fingerprint density at radius 2 is 2.09 bits per heavy atom. The zero-order valence-electron chi connectivity index (χ0n) is 13.1. The quantitative estimate of drug-likeness (QED) is 0.908. The highest BCUT2D eigenvalue weighted by atomic mass is 16.6. The van der Waals surface area contributed by atoms with Gasteiger partial charge in [-0.25, -0.2) is 9.48 Å². The van der Waals surface area contributed by atoms with Gasteiger partial charge in [0.05, 0.1) is 5.69 Å². The van der Waals surface area contributed by atoms with Crippen LogP contribution in [-0.2, 0) is 4.74 Å². The largest absolute Gasteiger partial charge is 0.444 e. The van der Waals surface area contributed by atoms with Crippen molar-refractivity contribution in [1.82, 2.24) is 15.1 Å². The topological polar surface area (TPSA) is 82.2 Å². The predicted molar refractivity (Wildman–Crippen MR) is 84.7 cm³/mol. The van der Waals surface area contributed by atoms with E-state index in [0.717, 1.165) is 11.3 Å². The zero-order valence-corrected chi connectivity index (χ0v) is 13.1. The summed E-state index contributed by atoms with van der Waals surface area (Å²) >= 11 is 0. The molecule has 22 heavy (non-hydrogen) atoms. The Kier molecular flexibility index (Phi) is 4.82. The van der Waals surface area contributed by atoms with Crippen molar-refractivity contribution in [3.63, 3.8) is 0 Å². The van der Waals surface area contributed by atoms with Gasteiger partial charge in [-0.2, -0.15) is 5.10 Å². The van der Waals surface area contributed by atoms with Gasteiger partial charge in [0.25, 0.3) is 0 Å². The Labute approximate surface area is 130 Å². The second-order valence-electron chi connectivity index (χ2n) is 6.00. The van der Waals surface area contributed by atoms with E-state index >= 15 is 0 Å². The smallest absolute Gasteiger partial charge is 0.407 e. The first-order chi connectivity index (χ1) is 10.4. The molecule has 0 saturated heterocycles. The summed E-state index contributed by atoms with van der Waals surface area (Å²) in [6.07, 6.45) is 3.09. The number of aromatic nitrogens is 2. The van der Waals surface area contributed by atoms with Gasteiger partial charge in [-0.05, 0) is 38.5 Å².